The lowest BCUT2D eigenvalue weighted by atomic mass is 9.88. The molecule has 124 valence electrons. The summed E-state index contributed by atoms with van der Waals surface area (Å²) in [7, 11) is 0. The van der Waals surface area contributed by atoms with E-state index >= 15 is 0 Å². The highest BCUT2D eigenvalue weighted by atomic mass is 32.1. The molecule has 2 aromatic rings. The SMILES string of the molecule is CC(C)(CC(=O)O)C(=O)Nc1nc(-c2ccc(F)cc2)c(C#N)s1. The number of benzene rings is 1. The predicted molar refractivity (Wildman–Crippen MR) is 86.9 cm³/mol. The van der Waals surface area contributed by atoms with Gasteiger partial charge in [0.2, 0.25) is 5.91 Å². The molecule has 0 fully saturated rings. The minimum Gasteiger partial charge on any atom is -0.481 e. The van der Waals surface area contributed by atoms with Crippen molar-refractivity contribution in [2.24, 2.45) is 5.41 Å². The molecule has 2 N–H and O–H groups in total. The Bertz CT molecular complexity index is 822. The number of hydrogen-bond donors (Lipinski definition) is 2. The molecule has 0 aliphatic carbocycles. The second-order valence-corrected chi connectivity index (χ2v) is 6.72. The molecule has 1 aromatic heterocycles. The summed E-state index contributed by atoms with van der Waals surface area (Å²) in [4.78, 5) is 27.5. The molecule has 8 heteroatoms. The molecule has 0 unspecified atom stereocenters. The Kier molecular flexibility index (Phi) is 4.95. The van der Waals surface area contributed by atoms with Crippen molar-refractivity contribution < 1.29 is 19.1 Å². The topological polar surface area (TPSA) is 103 Å². The van der Waals surface area contributed by atoms with Gasteiger partial charge in [-0.05, 0) is 24.3 Å². The van der Waals surface area contributed by atoms with Gasteiger partial charge in [0.15, 0.2) is 5.13 Å². The van der Waals surface area contributed by atoms with Crippen LogP contribution >= 0.6 is 11.3 Å². The number of amides is 1. The first-order chi connectivity index (χ1) is 11.2. The van der Waals surface area contributed by atoms with Crippen molar-refractivity contribution >= 4 is 28.3 Å². The molecule has 1 amide bonds. The highest BCUT2D eigenvalue weighted by Crippen LogP contribution is 2.32. The molecule has 0 aliphatic rings. The van der Waals surface area contributed by atoms with Crippen molar-refractivity contribution in [3.63, 3.8) is 0 Å². The van der Waals surface area contributed by atoms with Crippen LogP contribution in [0.2, 0.25) is 0 Å². The van der Waals surface area contributed by atoms with E-state index in [0.29, 0.717) is 11.3 Å². The Balaban J connectivity index is 2.27. The van der Waals surface area contributed by atoms with Crippen molar-refractivity contribution in [1.82, 2.24) is 4.98 Å². The van der Waals surface area contributed by atoms with Crippen LogP contribution in [0.1, 0.15) is 25.1 Å². The number of aliphatic carboxylic acids is 1. The van der Waals surface area contributed by atoms with Gasteiger partial charge < -0.3 is 10.4 Å². The zero-order valence-corrected chi connectivity index (χ0v) is 13.8. The molecule has 1 aromatic carbocycles. The van der Waals surface area contributed by atoms with Crippen molar-refractivity contribution in [2.75, 3.05) is 5.32 Å². The number of nitrogens with one attached hydrogen (secondary N) is 1. The molecular weight excluding hydrogens is 333 g/mol. The number of carbonyl (C=O) groups excluding carboxylic acids is 1. The van der Waals surface area contributed by atoms with Gasteiger partial charge in [-0.25, -0.2) is 9.37 Å². The second-order valence-electron chi connectivity index (χ2n) is 5.72. The lowest BCUT2D eigenvalue weighted by molar-refractivity contribution is -0.142. The third kappa shape index (κ3) is 3.94. The van der Waals surface area contributed by atoms with Crippen LogP contribution in [-0.2, 0) is 9.59 Å². The zero-order valence-electron chi connectivity index (χ0n) is 13.0. The monoisotopic (exact) mass is 347 g/mol. The minimum atomic E-state index is -1.12. The fraction of sp³-hybridized carbons (Fsp3) is 0.250. The molecular formula is C16H14FN3O3S. The Morgan fingerprint density at radius 3 is 2.54 bits per heavy atom. The molecule has 0 spiro atoms. The van der Waals surface area contributed by atoms with Crippen molar-refractivity contribution in [2.45, 2.75) is 20.3 Å². The van der Waals surface area contributed by atoms with E-state index in [9.17, 15) is 19.2 Å². The molecule has 0 radical (unpaired) electrons. The first kappa shape index (κ1) is 17.6. The van der Waals surface area contributed by atoms with E-state index in [1.165, 1.54) is 38.1 Å². The molecule has 0 atom stereocenters. The van der Waals surface area contributed by atoms with Crippen LogP contribution in [0.5, 0.6) is 0 Å². The number of thiazole rings is 1. The van der Waals surface area contributed by atoms with Gasteiger partial charge >= 0.3 is 5.97 Å². The van der Waals surface area contributed by atoms with E-state index in [0.717, 1.165) is 11.3 Å². The average molecular weight is 347 g/mol. The van der Waals surface area contributed by atoms with Crippen molar-refractivity contribution in [3.05, 3.63) is 35.0 Å². The Morgan fingerprint density at radius 1 is 1.38 bits per heavy atom. The summed E-state index contributed by atoms with van der Waals surface area (Å²) in [6, 6.07) is 7.48. The van der Waals surface area contributed by atoms with E-state index in [1.807, 2.05) is 6.07 Å². The van der Waals surface area contributed by atoms with E-state index in [1.54, 1.807) is 0 Å². The number of rotatable bonds is 5. The summed E-state index contributed by atoms with van der Waals surface area (Å²) in [6.07, 6.45) is -0.333. The van der Waals surface area contributed by atoms with Crippen LogP contribution < -0.4 is 5.32 Å². The number of hydrogen-bond acceptors (Lipinski definition) is 5. The zero-order chi connectivity index (χ0) is 17.9. The third-order valence-corrected chi connectivity index (χ3v) is 4.15. The number of carboxylic acid groups (broad SMARTS) is 1. The molecule has 0 bridgehead atoms. The largest absolute Gasteiger partial charge is 0.481 e. The van der Waals surface area contributed by atoms with Crippen molar-refractivity contribution in [3.8, 4) is 17.3 Å². The minimum absolute atomic E-state index is 0.189. The van der Waals surface area contributed by atoms with Crippen LogP contribution in [0.4, 0.5) is 9.52 Å². The third-order valence-electron chi connectivity index (χ3n) is 3.27. The highest BCUT2D eigenvalue weighted by molar-refractivity contribution is 7.16. The Labute approximate surface area is 141 Å². The predicted octanol–water partition coefficient (Wildman–Crippen LogP) is 3.26. The maximum atomic E-state index is 13.0. The summed E-state index contributed by atoms with van der Waals surface area (Å²) in [6.45, 7) is 3.02. The number of carboxylic acids is 1. The smallest absolute Gasteiger partial charge is 0.304 e. The van der Waals surface area contributed by atoms with Gasteiger partial charge in [0.1, 0.15) is 22.5 Å². The number of halogens is 1. The van der Waals surface area contributed by atoms with Crippen LogP contribution in [0, 0.1) is 22.6 Å². The van der Waals surface area contributed by atoms with E-state index in [4.69, 9.17) is 5.11 Å². The lowest BCUT2D eigenvalue weighted by Crippen LogP contribution is -2.32. The van der Waals surface area contributed by atoms with Crippen LogP contribution in [-0.4, -0.2) is 22.0 Å². The number of aromatic nitrogens is 1. The summed E-state index contributed by atoms with van der Waals surface area (Å²) in [5.74, 6) is -2.00. The fourth-order valence-corrected chi connectivity index (χ4v) is 2.76. The molecule has 0 saturated heterocycles. The van der Waals surface area contributed by atoms with Gasteiger partial charge in [0.05, 0.1) is 11.8 Å². The van der Waals surface area contributed by atoms with Crippen molar-refractivity contribution in [1.29, 1.82) is 5.26 Å². The number of nitrogens with zero attached hydrogens (tertiary/aromatic N) is 2. The van der Waals surface area contributed by atoms with Gasteiger partial charge in [-0.15, -0.1) is 0 Å². The van der Waals surface area contributed by atoms with Crippen LogP contribution in [0.25, 0.3) is 11.3 Å². The second kappa shape index (κ2) is 6.76. The van der Waals surface area contributed by atoms with E-state index in [2.05, 4.69) is 10.3 Å². The summed E-state index contributed by atoms with van der Waals surface area (Å²) in [5, 5.41) is 20.8. The quantitative estimate of drug-likeness (QED) is 0.864. The molecule has 2 rings (SSSR count). The summed E-state index contributed by atoms with van der Waals surface area (Å²) < 4.78 is 13.0. The average Bonchev–Trinajstić information content (AvgIpc) is 2.89. The number of nitriles is 1. The van der Waals surface area contributed by atoms with Gasteiger partial charge in [0.25, 0.3) is 0 Å². The molecule has 0 saturated carbocycles. The lowest BCUT2D eigenvalue weighted by Gasteiger charge is -2.20. The Hall–Kier alpha value is -2.79. The van der Waals surface area contributed by atoms with Gasteiger partial charge in [-0.1, -0.05) is 25.2 Å². The van der Waals surface area contributed by atoms with E-state index in [-0.39, 0.29) is 16.4 Å². The number of anilines is 1. The fourth-order valence-electron chi connectivity index (χ4n) is 1.98. The molecule has 24 heavy (non-hydrogen) atoms. The maximum absolute atomic E-state index is 13.0. The summed E-state index contributed by atoms with van der Waals surface area (Å²) in [5.41, 5.74) is -0.233. The van der Waals surface area contributed by atoms with Gasteiger partial charge in [0, 0.05) is 5.56 Å². The normalized spacial score (nSPS) is 10.9. The highest BCUT2D eigenvalue weighted by Gasteiger charge is 2.31. The molecule has 6 nitrogen and oxygen atoms in total. The van der Waals surface area contributed by atoms with Gasteiger partial charge in [-0.3, -0.25) is 9.59 Å². The van der Waals surface area contributed by atoms with Crippen LogP contribution in [0.3, 0.4) is 0 Å². The standard InChI is InChI=1S/C16H14FN3O3S/c1-16(2,7-12(21)22)14(23)20-15-19-13(11(8-18)24-15)9-3-5-10(17)6-4-9/h3-6H,7H2,1-2H3,(H,21,22)(H,19,20,23). The number of carbonyl (C=O) groups is 2. The van der Waals surface area contributed by atoms with E-state index < -0.39 is 23.1 Å². The first-order valence-electron chi connectivity index (χ1n) is 6.93. The Morgan fingerprint density at radius 2 is 2.00 bits per heavy atom. The van der Waals surface area contributed by atoms with Gasteiger partial charge in [-0.2, -0.15) is 5.26 Å². The molecule has 1 heterocycles. The summed E-state index contributed by atoms with van der Waals surface area (Å²) >= 11 is 0.977. The van der Waals surface area contributed by atoms with Crippen LogP contribution in [0.15, 0.2) is 24.3 Å². The first-order valence-corrected chi connectivity index (χ1v) is 7.74. The maximum Gasteiger partial charge on any atom is 0.304 e. The molecule has 0 aliphatic heterocycles.